The van der Waals surface area contributed by atoms with E-state index in [1.807, 2.05) is 42.5 Å². The van der Waals surface area contributed by atoms with Crippen LogP contribution in [0.5, 0.6) is 17.2 Å². The lowest BCUT2D eigenvalue weighted by Crippen LogP contribution is -1.95. The van der Waals surface area contributed by atoms with Crippen LogP contribution in [0, 0.1) is 0 Å². The van der Waals surface area contributed by atoms with Crippen molar-refractivity contribution in [2.24, 2.45) is 0 Å². The Hall–Kier alpha value is -3.80. The zero-order chi connectivity index (χ0) is 20.2. The molecule has 0 aliphatic heterocycles. The summed E-state index contributed by atoms with van der Waals surface area (Å²) in [5.41, 5.74) is 4.72. The van der Waals surface area contributed by atoms with Gasteiger partial charge >= 0.3 is 0 Å². The Balaban J connectivity index is 1.65. The summed E-state index contributed by atoms with van der Waals surface area (Å²) >= 11 is 0. The summed E-state index contributed by atoms with van der Waals surface area (Å²) in [6.07, 6.45) is 3.56. The van der Waals surface area contributed by atoms with Crippen LogP contribution in [-0.4, -0.2) is 31.5 Å². The second kappa shape index (κ2) is 8.06. The van der Waals surface area contributed by atoms with E-state index in [9.17, 15) is 0 Å². The van der Waals surface area contributed by atoms with Gasteiger partial charge in [-0.2, -0.15) is 0 Å². The molecule has 29 heavy (non-hydrogen) atoms. The van der Waals surface area contributed by atoms with Gasteiger partial charge in [-0.05, 0) is 35.4 Å². The standard InChI is InChI=1S/C23H20N2O4/c1-26-21-12-18(13-22(27-2)23(21)28-3)20-14-19(25-29-20)17-6-4-15(5-7-17)16-8-10-24-11-9-16/h4-14H,1-3H3. The molecule has 6 heteroatoms. The molecule has 0 atom stereocenters. The molecule has 2 heterocycles. The highest BCUT2D eigenvalue weighted by molar-refractivity contribution is 5.73. The van der Waals surface area contributed by atoms with Crippen LogP contribution in [0.25, 0.3) is 33.7 Å². The molecule has 0 amide bonds. The number of benzene rings is 2. The molecule has 0 unspecified atom stereocenters. The molecule has 0 spiro atoms. The third kappa shape index (κ3) is 3.65. The van der Waals surface area contributed by atoms with E-state index in [4.69, 9.17) is 18.7 Å². The fraction of sp³-hybridized carbons (Fsp3) is 0.130. The maximum atomic E-state index is 5.58. The Kier molecular flexibility index (Phi) is 5.16. The number of pyridine rings is 1. The van der Waals surface area contributed by atoms with Gasteiger partial charge in [0.1, 0.15) is 5.69 Å². The van der Waals surface area contributed by atoms with Gasteiger partial charge in [-0.1, -0.05) is 29.4 Å². The molecule has 146 valence electrons. The zero-order valence-corrected chi connectivity index (χ0v) is 16.4. The van der Waals surface area contributed by atoms with E-state index in [0.29, 0.717) is 23.0 Å². The maximum absolute atomic E-state index is 5.58. The van der Waals surface area contributed by atoms with Gasteiger partial charge in [0, 0.05) is 29.6 Å². The Labute approximate surface area is 168 Å². The normalized spacial score (nSPS) is 10.6. The summed E-state index contributed by atoms with van der Waals surface area (Å²) in [4.78, 5) is 4.05. The van der Waals surface area contributed by atoms with Crippen molar-refractivity contribution in [1.82, 2.24) is 10.1 Å². The molecule has 2 aromatic heterocycles. The van der Waals surface area contributed by atoms with Gasteiger partial charge in [-0.25, -0.2) is 0 Å². The molecule has 0 saturated heterocycles. The summed E-state index contributed by atoms with van der Waals surface area (Å²) in [6, 6.07) is 17.7. The Bertz CT molecular complexity index is 1080. The first kappa shape index (κ1) is 18.6. The van der Waals surface area contributed by atoms with E-state index in [-0.39, 0.29) is 0 Å². The van der Waals surface area contributed by atoms with Crippen molar-refractivity contribution in [3.05, 3.63) is 67.0 Å². The lowest BCUT2D eigenvalue weighted by molar-refractivity contribution is 0.324. The second-order valence-electron chi connectivity index (χ2n) is 6.30. The minimum atomic E-state index is 0.533. The highest BCUT2D eigenvalue weighted by Crippen LogP contribution is 2.41. The molecule has 0 radical (unpaired) electrons. The predicted molar refractivity (Wildman–Crippen MR) is 110 cm³/mol. The molecule has 4 aromatic rings. The van der Waals surface area contributed by atoms with E-state index in [2.05, 4.69) is 22.3 Å². The van der Waals surface area contributed by atoms with Gasteiger partial charge in [0.05, 0.1) is 21.3 Å². The molecule has 0 fully saturated rings. The monoisotopic (exact) mass is 388 g/mol. The molecular weight excluding hydrogens is 368 g/mol. The topological polar surface area (TPSA) is 66.6 Å². The van der Waals surface area contributed by atoms with Crippen LogP contribution in [-0.2, 0) is 0 Å². The van der Waals surface area contributed by atoms with Gasteiger partial charge in [0.2, 0.25) is 5.75 Å². The van der Waals surface area contributed by atoms with Crippen molar-refractivity contribution in [2.75, 3.05) is 21.3 Å². The van der Waals surface area contributed by atoms with Crippen LogP contribution in [0.3, 0.4) is 0 Å². The summed E-state index contributed by atoms with van der Waals surface area (Å²) in [5.74, 6) is 2.26. The second-order valence-corrected chi connectivity index (χ2v) is 6.30. The van der Waals surface area contributed by atoms with E-state index in [0.717, 1.165) is 27.9 Å². The quantitative estimate of drug-likeness (QED) is 0.458. The number of methoxy groups -OCH3 is 3. The van der Waals surface area contributed by atoms with Gasteiger partial charge in [-0.3, -0.25) is 4.98 Å². The summed E-state index contributed by atoms with van der Waals surface area (Å²) in [5, 5.41) is 4.22. The van der Waals surface area contributed by atoms with Crippen molar-refractivity contribution in [3.8, 4) is 51.0 Å². The largest absolute Gasteiger partial charge is 0.493 e. The summed E-state index contributed by atoms with van der Waals surface area (Å²) < 4.78 is 21.8. The molecule has 0 saturated carbocycles. The average molecular weight is 388 g/mol. The highest BCUT2D eigenvalue weighted by Gasteiger charge is 2.17. The smallest absolute Gasteiger partial charge is 0.203 e. The van der Waals surface area contributed by atoms with E-state index < -0.39 is 0 Å². The zero-order valence-electron chi connectivity index (χ0n) is 16.4. The molecule has 2 aromatic carbocycles. The third-order valence-electron chi connectivity index (χ3n) is 4.65. The van der Waals surface area contributed by atoms with Gasteiger partial charge in [0.25, 0.3) is 0 Å². The van der Waals surface area contributed by atoms with Crippen LogP contribution in [0.2, 0.25) is 0 Å². The van der Waals surface area contributed by atoms with E-state index in [1.165, 1.54) is 0 Å². The lowest BCUT2D eigenvalue weighted by Gasteiger charge is -2.12. The first-order valence-electron chi connectivity index (χ1n) is 9.01. The Morgan fingerprint density at radius 3 is 1.83 bits per heavy atom. The first-order chi connectivity index (χ1) is 14.2. The highest BCUT2D eigenvalue weighted by atomic mass is 16.5. The van der Waals surface area contributed by atoms with Gasteiger partial charge in [0.15, 0.2) is 17.3 Å². The molecule has 0 aliphatic carbocycles. The number of ether oxygens (including phenoxy) is 3. The lowest BCUT2D eigenvalue weighted by atomic mass is 10.0. The Morgan fingerprint density at radius 1 is 0.655 bits per heavy atom. The minimum Gasteiger partial charge on any atom is -0.493 e. The number of hydrogen-bond donors (Lipinski definition) is 0. The number of hydrogen-bond acceptors (Lipinski definition) is 6. The summed E-state index contributed by atoms with van der Waals surface area (Å²) in [7, 11) is 4.73. The fourth-order valence-electron chi connectivity index (χ4n) is 3.15. The molecular formula is C23H20N2O4. The maximum Gasteiger partial charge on any atom is 0.203 e. The molecule has 0 aliphatic rings. The summed E-state index contributed by atoms with van der Waals surface area (Å²) in [6.45, 7) is 0. The van der Waals surface area contributed by atoms with Crippen LogP contribution in [0.1, 0.15) is 0 Å². The van der Waals surface area contributed by atoms with Crippen LogP contribution in [0.4, 0.5) is 0 Å². The van der Waals surface area contributed by atoms with Crippen molar-refractivity contribution in [2.45, 2.75) is 0 Å². The van der Waals surface area contributed by atoms with Crippen molar-refractivity contribution in [3.63, 3.8) is 0 Å². The van der Waals surface area contributed by atoms with Crippen molar-refractivity contribution in [1.29, 1.82) is 0 Å². The third-order valence-corrected chi connectivity index (χ3v) is 4.65. The van der Waals surface area contributed by atoms with Crippen molar-refractivity contribution >= 4 is 0 Å². The number of rotatable bonds is 6. The first-order valence-corrected chi connectivity index (χ1v) is 9.01. The number of nitrogens with zero attached hydrogens (tertiary/aromatic N) is 2. The molecule has 6 nitrogen and oxygen atoms in total. The SMILES string of the molecule is COc1cc(-c2cc(-c3ccc(-c4ccncc4)cc3)no2)cc(OC)c1OC. The molecule has 4 rings (SSSR count). The Morgan fingerprint density at radius 2 is 1.24 bits per heavy atom. The van der Waals surface area contributed by atoms with E-state index in [1.54, 1.807) is 33.7 Å². The van der Waals surface area contributed by atoms with Crippen molar-refractivity contribution < 1.29 is 18.7 Å². The minimum absolute atomic E-state index is 0.533. The van der Waals surface area contributed by atoms with Crippen LogP contribution < -0.4 is 14.2 Å². The number of aromatic nitrogens is 2. The van der Waals surface area contributed by atoms with Gasteiger partial charge < -0.3 is 18.7 Å². The molecule has 0 bridgehead atoms. The van der Waals surface area contributed by atoms with Crippen LogP contribution in [0.15, 0.2) is 71.5 Å². The fourth-order valence-corrected chi connectivity index (χ4v) is 3.15. The average Bonchev–Trinajstić information content (AvgIpc) is 3.29. The van der Waals surface area contributed by atoms with Crippen LogP contribution >= 0.6 is 0 Å². The van der Waals surface area contributed by atoms with Gasteiger partial charge in [-0.15, -0.1) is 0 Å². The predicted octanol–water partition coefficient (Wildman–Crippen LogP) is 5.10. The van der Waals surface area contributed by atoms with E-state index >= 15 is 0 Å². The molecule has 0 N–H and O–H groups in total.